The number of carbonyl (C=O) groups excluding carboxylic acids is 4. The van der Waals surface area contributed by atoms with E-state index in [0.29, 0.717) is 0 Å². The maximum absolute atomic E-state index is 14.7. The fourth-order valence-electron chi connectivity index (χ4n) is 8.98. The predicted molar refractivity (Wildman–Crippen MR) is 304 cm³/mol. The minimum absolute atomic E-state index is 0.0198. The third-order valence-corrected chi connectivity index (χ3v) is 13.4. The molecule has 0 aromatic heterocycles. The van der Waals surface area contributed by atoms with Crippen LogP contribution in [-0.4, -0.2) is 50.3 Å². The van der Waals surface area contributed by atoms with Crippen LogP contribution in [0.5, 0.6) is 0 Å². The lowest BCUT2D eigenvalue weighted by atomic mass is 9.90. The lowest BCUT2D eigenvalue weighted by Gasteiger charge is -2.32. The van der Waals surface area contributed by atoms with Crippen molar-refractivity contribution in [3.63, 3.8) is 0 Å². The van der Waals surface area contributed by atoms with Gasteiger partial charge >= 0.3 is 23.9 Å². The van der Waals surface area contributed by atoms with Gasteiger partial charge in [0, 0.05) is 22.3 Å². The van der Waals surface area contributed by atoms with Crippen LogP contribution in [0.1, 0.15) is 44.5 Å². The first-order valence-corrected chi connectivity index (χ1v) is 26.2. The van der Waals surface area contributed by atoms with Crippen molar-refractivity contribution in [3.05, 3.63) is 307 Å². The van der Waals surface area contributed by atoms with E-state index in [1.165, 1.54) is 97.1 Å². The molecule has 0 aliphatic carbocycles. The number of carbonyl (C=O) groups is 4. The molecular weight excluding hydrogens is 1160 g/mol. The van der Waals surface area contributed by atoms with Gasteiger partial charge in [-0.3, -0.25) is 0 Å². The van der Waals surface area contributed by atoms with Crippen molar-refractivity contribution in [1.29, 1.82) is 21.0 Å². The summed E-state index contributed by atoms with van der Waals surface area (Å²) in [6.45, 7) is -5.10. The van der Waals surface area contributed by atoms with Gasteiger partial charge in [-0.1, -0.05) is 97.1 Å². The summed E-state index contributed by atoms with van der Waals surface area (Å²) in [6, 6.07) is 41.8. The molecule has 8 aromatic rings. The topological polar surface area (TPSA) is 200 Å². The van der Waals surface area contributed by atoms with Crippen LogP contribution in [-0.2, 0) is 38.1 Å². The number of hydrogen-bond acceptors (Lipinski definition) is 12. The number of benzene rings is 8. The SMILES string of the molecule is N#CC(C(=O)OCC(COC(=O)C(C#N)=C(c1ccc(F)cc1)c1ccc(F)cc1)(COC(=O)C(C#N)=C(c1ccc(F)cc1)c1ccc(F)cc1)COC(=O)C(C#N)=C(c1ccc(F)cc1)c1ccc(F)cc1)=C(c1ccc(F)cc1)c1ccc(F)cc1. The summed E-state index contributed by atoms with van der Waals surface area (Å²) < 4.78 is 138. The number of rotatable bonds is 20. The van der Waals surface area contributed by atoms with E-state index < -0.39 is 125 Å². The molecule has 0 atom stereocenters. The molecule has 89 heavy (non-hydrogen) atoms. The van der Waals surface area contributed by atoms with Crippen molar-refractivity contribution in [1.82, 2.24) is 0 Å². The minimum Gasteiger partial charge on any atom is -0.461 e. The first-order chi connectivity index (χ1) is 42.8. The normalized spacial score (nSPS) is 10.6. The first kappa shape index (κ1) is 63.0. The molecule has 0 radical (unpaired) electrons. The Balaban J connectivity index is 1.32. The Hall–Kier alpha value is -12.0. The number of halogens is 8. The Morgan fingerprint density at radius 3 is 0.494 bits per heavy atom. The molecule has 20 heteroatoms. The van der Waals surface area contributed by atoms with Crippen molar-refractivity contribution < 1.29 is 73.2 Å². The molecule has 0 heterocycles. The van der Waals surface area contributed by atoms with Crippen molar-refractivity contribution in [3.8, 4) is 24.3 Å². The molecular formula is C69H40F8N4O8. The maximum atomic E-state index is 14.7. The maximum Gasteiger partial charge on any atom is 0.349 e. The highest BCUT2D eigenvalue weighted by atomic mass is 19.2. The molecule has 8 rings (SSSR count). The molecule has 12 nitrogen and oxygen atoms in total. The van der Waals surface area contributed by atoms with Crippen LogP contribution in [0.2, 0.25) is 0 Å². The zero-order valence-corrected chi connectivity index (χ0v) is 45.9. The highest BCUT2D eigenvalue weighted by molar-refractivity contribution is 6.08. The Morgan fingerprint density at radius 1 is 0.258 bits per heavy atom. The molecule has 8 aromatic carbocycles. The highest BCUT2D eigenvalue weighted by Gasteiger charge is 2.41. The van der Waals surface area contributed by atoms with Gasteiger partial charge in [-0.05, 0) is 142 Å². The highest BCUT2D eigenvalue weighted by Crippen LogP contribution is 2.35. The second kappa shape index (κ2) is 28.7. The lowest BCUT2D eigenvalue weighted by molar-refractivity contribution is -0.165. The minimum atomic E-state index is -2.55. The summed E-state index contributed by atoms with van der Waals surface area (Å²) in [5, 5.41) is 42.9. The van der Waals surface area contributed by atoms with Gasteiger partial charge in [0.05, 0.1) is 0 Å². The number of esters is 4. The number of nitrogens with zero attached hydrogens (tertiary/aromatic N) is 4. The van der Waals surface area contributed by atoms with Gasteiger partial charge in [-0.25, -0.2) is 54.3 Å². The van der Waals surface area contributed by atoms with E-state index >= 15 is 0 Å². The summed E-state index contributed by atoms with van der Waals surface area (Å²) in [5.41, 5.74) is -6.73. The molecule has 0 fully saturated rings. The molecule has 0 N–H and O–H groups in total. The van der Waals surface area contributed by atoms with Crippen LogP contribution in [0.25, 0.3) is 22.3 Å². The predicted octanol–water partition coefficient (Wildman–Crippen LogP) is 13.4. The average Bonchev–Trinajstić information content (AvgIpc) is 1.86. The number of hydrogen-bond donors (Lipinski definition) is 0. The standard InChI is InChI=1S/C69H40F8N4O8/c70-49-17-1-41(2-18-49)61(42-3-19-50(71)20-4-42)57(33-78)65(82)86-37-69(38-87-66(83)58(34-79)62(43-5-21-51(72)22-6-43)44-7-23-52(73)24-8-44,39-88-67(84)59(35-80)63(45-9-25-53(74)26-10-45)46-11-27-54(75)28-12-46)40-89-68(85)60(36-81)64(47-13-29-55(76)30-14-47)48-15-31-56(77)32-16-48/h1-32H,37-40H2. The second-order valence-corrected chi connectivity index (χ2v) is 19.3. The molecule has 0 saturated heterocycles. The van der Waals surface area contributed by atoms with Crippen LogP contribution >= 0.6 is 0 Å². The van der Waals surface area contributed by atoms with E-state index in [1.54, 1.807) is 24.3 Å². The fourth-order valence-corrected chi connectivity index (χ4v) is 8.98. The molecule has 0 spiro atoms. The number of nitriles is 4. The van der Waals surface area contributed by atoms with Crippen molar-refractivity contribution in [2.24, 2.45) is 5.41 Å². The van der Waals surface area contributed by atoms with Crippen molar-refractivity contribution in [2.45, 2.75) is 0 Å². The third-order valence-electron chi connectivity index (χ3n) is 13.4. The van der Waals surface area contributed by atoms with Crippen LogP contribution in [0.3, 0.4) is 0 Å². The zero-order valence-electron chi connectivity index (χ0n) is 45.9. The zero-order chi connectivity index (χ0) is 63.8. The summed E-state index contributed by atoms with van der Waals surface area (Å²) in [6.07, 6.45) is 0. The van der Waals surface area contributed by atoms with Gasteiger partial charge in [-0.2, -0.15) is 21.0 Å². The smallest absolute Gasteiger partial charge is 0.349 e. The van der Waals surface area contributed by atoms with E-state index in [9.17, 15) is 75.3 Å². The van der Waals surface area contributed by atoms with Crippen LogP contribution < -0.4 is 0 Å². The molecule has 0 aliphatic heterocycles. The Bertz CT molecular complexity index is 3540. The van der Waals surface area contributed by atoms with Gasteiger partial charge < -0.3 is 18.9 Å². The number of ether oxygens (including phenoxy) is 4. The molecule has 0 unspecified atom stereocenters. The van der Waals surface area contributed by atoms with Crippen LogP contribution in [0.4, 0.5) is 35.1 Å². The van der Waals surface area contributed by atoms with Gasteiger partial charge in [0.15, 0.2) is 0 Å². The quantitative estimate of drug-likeness (QED) is 0.0230. The van der Waals surface area contributed by atoms with Crippen LogP contribution in [0.15, 0.2) is 216 Å². The second-order valence-electron chi connectivity index (χ2n) is 19.3. The summed E-state index contributed by atoms with van der Waals surface area (Å²) in [7, 11) is 0. The Morgan fingerprint density at radius 2 is 0.382 bits per heavy atom. The van der Waals surface area contributed by atoms with Crippen molar-refractivity contribution in [2.75, 3.05) is 26.4 Å². The lowest BCUT2D eigenvalue weighted by Crippen LogP contribution is -2.44. The van der Waals surface area contributed by atoms with Gasteiger partial charge in [0.25, 0.3) is 0 Å². The largest absolute Gasteiger partial charge is 0.461 e. The summed E-state index contributed by atoms with van der Waals surface area (Å²) >= 11 is 0. The van der Waals surface area contributed by atoms with E-state index in [1.807, 2.05) is 0 Å². The molecule has 0 saturated carbocycles. The monoisotopic (exact) mass is 1200 g/mol. The molecule has 440 valence electrons. The molecule has 0 amide bonds. The third kappa shape index (κ3) is 15.5. The Kier molecular flexibility index (Phi) is 20.3. The van der Waals surface area contributed by atoms with E-state index in [2.05, 4.69) is 0 Å². The average molecular weight is 1210 g/mol. The van der Waals surface area contributed by atoms with E-state index in [0.717, 1.165) is 97.1 Å². The fraction of sp³-hybridized carbons (Fsp3) is 0.0725. The van der Waals surface area contributed by atoms with E-state index in [-0.39, 0.29) is 66.8 Å². The Labute approximate surface area is 502 Å². The summed E-state index contributed by atoms with van der Waals surface area (Å²) in [5.74, 6) is -12.0. The van der Waals surface area contributed by atoms with Gasteiger partial charge in [0.1, 0.15) is 125 Å². The van der Waals surface area contributed by atoms with E-state index in [4.69, 9.17) is 18.9 Å². The van der Waals surface area contributed by atoms with Gasteiger partial charge in [0.2, 0.25) is 0 Å². The summed E-state index contributed by atoms with van der Waals surface area (Å²) in [4.78, 5) is 58.8. The molecule has 0 aliphatic rings. The molecule has 0 bridgehead atoms. The van der Waals surface area contributed by atoms with Crippen molar-refractivity contribution >= 4 is 46.2 Å². The van der Waals surface area contributed by atoms with Crippen LogP contribution in [0, 0.1) is 97.3 Å². The van der Waals surface area contributed by atoms with Gasteiger partial charge in [-0.15, -0.1) is 0 Å². The first-order valence-electron chi connectivity index (χ1n) is 26.2.